The molecule has 2 rings (SSSR count). The maximum atomic E-state index is 12.6. The zero-order valence-corrected chi connectivity index (χ0v) is 13.6. The maximum Gasteiger partial charge on any atom is 0.339 e. The molecule has 0 aliphatic rings. The zero-order chi connectivity index (χ0) is 17.1. The molecule has 6 nitrogen and oxygen atoms in total. The SMILES string of the molecule is COC(=O)c1c(C)[nH]c(C(=O)N(C)Cc2ccccc2O)c1C. The molecule has 1 aromatic heterocycles. The molecule has 0 aliphatic heterocycles. The number of amides is 1. The number of aromatic hydroxyl groups is 1. The molecule has 0 radical (unpaired) electrons. The molecule has 0 atom stereocenters. The van der Waals surface area contributed by atoms with Gasteiger partial charge in [0.15, 0.2) is 0 Å². The minimum absolute atomic E-state index is 0.141. The normalized spacial score (nSPS) is 10.4. The molecule has 1 heterocycles. The number of nitrogens with one attached hydrogen (secondary N) is 1. The molecule has 1 amide bonds. The van der Waals surface area contributed by atoms with E-state index in [2.05, 4.69) is 4.98 Å². The number of H-pyrrole nitrogens is 1. The number of ether oxygens (including phenoxy) is 1. The van der Waals surface area contributed by atoms with Gasteiger partial charge in [0.25, 0.3) is 5.91 Å². The lowest BCUT2D eigenvalue weighted by Gasteiger charge is -2.17. The molecule has 2 N–H and O–H groups in total. The Labute approximate surface area is 134 Å². The van der Waals surface area contributed by atoms with Gasteiger partial charge in [-0.2, -0.15) is 0 Å². The number of aryl methyl sites for hydroxylation is 1. The van der Waals surface area contributed by atoms with Gasteiger partial charge in [0.1, 0.15) is 11.4 Å². The first-order valence-electron chi connectivity index (χ1n) is 7.16. The number of carbonyl (C=O) groups excluding carboxylic acids is 2. The van der Waals surface area contributed by atoms with Gasteiger partial charge in [-0.1, -0.05) is 18.2 Å². The molecule has 0 spiro atoms. The van der Waals surface area contributed by atoms with Crippen molar-refractivity contribution in [1.29, 1.82) is 0 Å². The summed E-state index contributed by atoms with van der Waals surface area (Å²) in [5, 5.41) is 9.81. The van der Waals surface area contributed by atoms with Gasteiger partial charge in [0.2, 0.25) is 0 Å². The Kier molecular flexibility index (Phi) is 4.74. The first-order valence-corrected chi connectivity index (χ1v) is 7.16. The Morgan fingerprint density at radius 3 is 2.52 bits per heavy atom. The second kappa shape index (κ2) is 6.56. The van der Waals surface area contributed by atoms with Crippen molar-refractivity contribution in [3.8, 4) is 5.75 Å². The van der Waals surface area contributed by atoms with Crippen LogP contribution in [0.25, 0.3) is 0 Å². The Hall–Kier alpha value is -2.76. The van der Waals surface area contributed by atoms with Crippen molar-refractivity contribution in [2.24, 2.45) is 0 Å². The van der Waals surface area contributed by atoms with E-state index in [-0.39, 0.29) is 18.2 Å². The number of carbonyl (C=O) groups is 2. The number of phenolic OH excluding ortho intramolecular Hbond substituents is 1. The molecule has 0 aliphatic carbocycles. The number of aromatic nitrogens is 1. The van der Waals surface area contributed by atoms with Gasteiger partial charge in [-0.15, -0.1) is 0 Å². The van der Waals surface area contributed by atoms with Crippen LogP contribution in [-0.4, -0.2) is 41.0 Å². The van der Waals surface area contributed by atoms with Crippen molar-refractivity contribution in [2.75, 3.05) is 14.2 Å². The summed E-state index contributed by atoms with van der Waals surface area (Å²) in [4.78, 5) is 28.9. The van der Waals surface area contributed by atoms with Crippen LogP contribution in [0.1, 0.15) is 37.7 Å². The Morgan fingerprint density at radius 1 is 1.26 bits per heavy atom. The number of benzene rings is 1. The van der Waals surface area contributed by atoms with Crippen molar-refractivity contribution in [3.05, 3.63) is 52.3 Å². The molecule has 0 unspecified atom stereocenters. The molecule has 0 saturated carbocycles. The van der Waals surface area contributed by atoms with Crippen molar-refractivity contribution in [3.63, 3.8) is 0 Å². The van der Waals surface area contributed by atoms with Crippen LogP contribution in [0.4, 0.5) is 0 Å². The van der Waals surface area contributed by atoms with Crippen LogP contribution in [0.5, 0.6) is 5.75 Å². The summed E-state index contributed by atoms with van der Waals surface area (Å²) in [5.74, 6) is -0.593. The number of para-hydroxylation sites is 1. The number of nitrogens with zero attached hydrogens (tertiary/aromatic N) is 1. The molecule has 1 aromatic carbocycles. The van der Waals surface area contributed by atoms with Gasteiger partial charge in [0, 0.05) is 24.8 Å². The van der Waals surface area contributed by atoms with Crippen LogP contribution in [0.2, 0.25) is 0 Å². The Bertz CT molecular complexity index is 749. The smallest absolute Gasteiger partial charge is 0.339 e. The van der Waals surface area contributed by atoms with E-state index in [4.69, 9.17) is 4.74 Å². The van der Waals surface area contributed by atoms with Gasteiger partial charge < -0.3 is 19.7 Å². The maximum absolute atomic E-state index is 12.6. The lowest BCUT2D eigenvalue weighted by atomic mass is 10.1. The molecule has 122 valence electrons. The van der Waals surface area contributed by atoms with Crippen LogP contribution in [0.3, 0.4) is 0 Å². The quantitative estimate of drug-likeness (QED) is 0.849. The first kappa shape index (κ1) is 16.6. The highest BCUT2D eigenvalue weighted by Crippen LogP contribution is 2.22. The minimum atomic E-state index is -0.473. The zero-order valence-electron chi connectivity index (χ0n) is 13.6. The molecular formula is C17H20N2O4. The molecule has 23 heavy (non-hydrogen) atoms. The van der Waals surface area contributed by atoms with E-state index in [0.29, 0.717) is 28.1 Å². The van der Waals surface area contributed by atoms with E-state index >= 15 is 0 Å². The molecule has 6 heteroatoms. The fraction of sp³-hybridized carbons (Fsp3) is 0.294. The first-order chi connectivity index (χ1) is 10.9. The summed E-state index contributed by atoms with van der Waals surface area (Å²) < 4.78 is 4.75. The average molecular weight is 316 g/mol. The lowest BCUT2D eigenvalue weighted by molar-refractivity contribution is 0.0599. The number of methoxy groups -OCH3 is 1. The molecule has 0 saturated heterocycles. The predicted octanol–water partition coefficient (Wildman–Crippen LogP) is 2.40. The third-order valence-electron chi connectivity index (χ3n) is 3.79. The summed E-state index contributed by atoms with van der Waals surface area (Å²) in [7, 11) is 2.95. The topological polar surface area (TPSA) is 82.6 Å². The van der Waals surface area contributed by atoms with Crippen LogP contribution in [0, 0.1) is 13.8 Å². The minimum Gasteiger partial charge on any atom is -0.508 e. The standard InChI is InChI=1S/C17H20N2O4/c1-10-14(17(22)23-4)11(2)18-15(10)16(21)19(3)9-12-7-5-6-8-13(12)20/h5-8,18,20H,9H2,1-4H3. The molecule has 0 bridgehead atoms. The number of hydrogen-bond acceptors (Lipinski definition) is 4. The summed E-state index contributed by atoms with van der Waals surface area (Å²) in [6.07, 6.45) is 0. The fourth-order valence-electron chi connectivity index (χ4n) is 2.53. The number of phenols is 1. The summed E-state index contributed by atoms with van der Waals surface area (Å²) in [5.41, 5.74) is 2.53. The van der Waals surface area contributed by atoms with Gasteiger partial charge in [-0.3, -0.25) is 4.79 Å². The molecular weight excluding hydrogens is 296 g/mol. The predicted molar refractivity (Wildman–Crippen MR) is 85.5 cm³/mol. The van der Waals surface area contributed by atoms with Gasteiger partial charge in [-0.05, 0) is 25.5 Å². The number of aromatic amines is 1. The highest BCUT2D eigenvalue weighted by molar-refractivity contribution is 6.00. The van der Waals surface area contributed by atoms with Crippen molar-refractivity contribution < 1.29 is 19.4 Å². The summed E-state index contributed by atoms with van der Waals surface area (Å²) >= 11 is 0. The van der Waals surface area contributed by atoms with E-state index in [0.717, 1.165) is 0 Å². The van der Waals surface area contributed by atoms with Crippen LogP contribution in [0.15, 0.2) is 24.3 Å². The number of hydrogen-bond donors (Lipinski definition) is 2. The van der Waals surface area contributed by atoms with Gasteiger partial charge in [0.05, 0.1) is 12.7 Å². The monoisotopic (exact) mass is 316 g/mol. The van der Waals surface area contributed by atoms with Gasteiger partial charge in [-0.25, -0.2) is 4.79 Å². The summed E-state index contributed by atoms with van der Waals surface area (Å²) in [6.45, 7) is 3.69. The van der Waals surface area contributed by atoms with Crippen molar-refractivity contribution in [2.45, 2.75) is 20.4 Å². The van der Waals surface area contributed by atoms with E-state index in [1.807, 2.05) is 0 Å². The van der Waals surface area contributed by atoms with Crippen molar-refractivity contribution in [1.82, 2.24) is 9.88 Å². The van der Waals surface area contributed by atoms with Gasteiger partial charge >= 0.3 is 5.97 Å². The number of esters is 1. The lowest BCUT2D eigenvalue weighted by Crippen LogP contribution is -2.27. The highest BCUT2D eigenvalue weighted by Gasteiger charge is 2.24. The molecule has 2 aromatic rings. The summed E-state index contributed by atoms with van der Waals surface area (Å²) in [6, 6.07) is 6.85. The Morgan fingerprint density at radius 2 is 1.91 bits per heavy atom. The third-order valence-corrected chi connectivity index (χ3v) is 3.79. The fourth-order valence-corrected chi connectivity index (χ4v) is 2.53. The molecule has 0 fully saturated rings. The average Bonchev–Trinajstić information content (AvgIpc) is 2.82. The van der Waals surface area contributed by atoms with E-state index < -0.39 is 5.97 Å². The Balaban J connectivity index is 2.27. The highest BCUT2D eigenvalue weighted by atomic mass is 16.5. The number of rotatable bonds is 4. The van der Waals surface area contributed by atoms with E-state index in [1.165, 1.54) is 12.0 Å². The van der Waals surface area contributed by atoms with E-state index in [9.17, 15) is 14.7 Å². The van der Waals surface area contributed by atoms with Crippen LogP contribution >= 0.6 is 0 Å². The largest absolute Gasteiger partial charge is 0.508 e. The van der Waals surface area contributed by atoms with Crippen LogP contribution < -0.4 is 0 Å². The second-order valence-corrected chi connectivity index (χ2v) is 5.41. The van der Waals surface area contributed by atoms with E-state index in [1.54, 1.807) is 45.2 Å². The van der Waals surface area contributed by atoms with Crippen molar-refractivity contribution >= 4 is 11.9 Å². The second-order valence-electron chi connectivity index (χ2n) is 5.41. The van der Waals surface area contributed by atoms with Crippen LogP contribution in [-0.2, 0) is 11.3 Å². The third kappa shape index (κ3) is 3.21.